The van der Waals surface area contributed by atoms with Crippen LogP contribution in [0.3, 0.4) is 0 Å². The number of rotatable bonds is 5. The summed E-state index contributed by atoms with van der Waals surface area (Å²) in [4.78, 5) is 19.6. The number of nitrogens with two attached hydrogens (primary N) is 1. The Bertz CT molecular complexity index is 510. The van der Waals surface area contributed by atoms with Crippen molar-refractivity contribution >= 4 is 11.7 Å². The number of anilines is 1. The molecule has 2 aromatic heterocycles. The molecule has 18 heavy (non-hydrogen) atoms. The molecule has 2 rings (SSSR count). The van der Waals surface area contributed by atoms with Gasteiger partial charge in [-0.1, -0.05) is 6.07 Å². The van der Waals surface area contributed by atoms with Crippen LogP contribution in [-0.2, 0) is 6.42 Å². The number of carbonyl (C=O) groups excluding carboxylic acids is 1. The zero-order valence-electron chi connectivity index (χ0n) is 9.76. The first-order valence-electron chi connectivity index (χ1n) is 5.60. The number of H-pyrrole nitrogens is 1. The van der Waals surface area contributed by atoms with Gasteiger partial charge < -0.3 is 11.1 Å². The maximum absolute atomic E-state index is 11.7. The molecule has 0 aromatic carbocycles. The molecule has 0 aliphatic rings. The number of hydrogen-bond acceptors (Lipinski definition) is 5. The number of aromatic nitrogens is 4. The van der Waals surface area contributed by atoms with Crippen LogP contribution in [0.5, 0.6) is 0 Å². The Morgan fingerprint density at radius 3 is 3.06 bits per heavy atom. The summed E-state index contributed by atoms with van der Waals surface area (Å²) in [5, 5.41) is 9.28. The third kappa shape index (κ3) is 3.27. The smallest absolute Gasteiger partial charge is 0.269 e. The average Bonchev–Trinajstić information content (AvgIpc) is 2.87. The molecule has 2 aromatic rings. The zero-order valence-corrected chi connectivity index (χ0v) is 9.76. The van der Waals surface area contributed by atoms with Crippen molar-refractivity contribution in [1.82, 2.24) is 25.5 Å². The van der Waals surface area contributed by atoms with Gasteiger partial charge in [0.15, 0.2) is 0 Å². The number of carbonyl (C=O) groups is 1. The molecule has 0 unspecified atom stereocenters. The Morgan fingerprint density at radius 2 is 2.33 bits per heavy atom. The largest absolute Gasteiger partial charge is 0.384 e. The summed E-state index contributed by atoms with van der Waals surface area (Å²) >= 11 is 0. The van der Waals surface area contributed by atoms with E-state index in [1.165, 1.54) is 6.33 Å². The van der Waals surface area contributed by atoms with Crippen LogP contribution in [0.2, 0.25) is 0 Å². The molecule has 0 bridgehead atoms. The highest BCUT2D eigenvalue weighted by molar-refractivity contribution is 5.92. The molecular formula is C11H14N6O. The molecule has 0 spiro atoms. The number of nitrogen functional groups attached to an aromatic ring is 1. The molecule has 0 fully saturated rings. The van der Waals surface area contributed by atoms with Gasteiger partial charge in [-0.15, -0.1) is 0 Å². The molecule has 0 aliphatic heterocycles. The summed E-state index contributed by atoms with van der Waals surface area (Å²) in [6.45, 7) is 0.552. The van der Waals surface area contributed by atoms with E-state index in [0.717, 1.165) is 18.7 Å². The van der Waals surface area contributed by atoms with E-state index < -0.39 is 0 Å². The molecule has 7 heteroatoms. The lowest BCUT2D eigenvalue weighted by molar-refractivity contribution is 0.0948. The van der Waals surface area contributed by atoms with Gasteiger partial charge in [0, 0.05) is 13.0 Å². The second-order valence-electron chi connectivity index (χ2n) is 3.74. The number of aromatic amines is 1. The Kier molecular flexibility index (Phi) is 3.85. The predicted molar refractivity (Wildman–Crippen MR) is 65.7 cm³/mol. The van der Waals surface area contributed by atoms with Gasteiger partial charge in [-0.2, -0.15) is 5.10 Å². The quantitative estimate of drug-likeness (QED) is 0.650. The summed E-state index contributed by atoms with van der Waals surface area (Å²) in [6.07, 6.45) is 2.98. The van der Waals surface area contributed by atoms with Crippen molar-refractivity contribution < 1.29 is 4.79 Å². The molecule has 0 aliphatic carbocycles. The van der Waals surface area contributed by atoms with Crippen LogP contribution in [0.4, 0.5) is 5.82 Å². The van der Waals surface area contributed by atoms with Crippen LogP contribution in [-0.4, -0.2) is 32.6 Å². The molecule has 4 N–H and O–H groups in total. The summed E-state index contributed by atoms with van der Waals surface area (Å²) in [5.41, 5.74) is 5.83. The predicted octanol–water partition coefficient (Wildman–Crippen LogP) is 0.144. The van der Waals surface area contributed by atoms with Crippen LogP contribution >= 0.6 is 0 Å². The molecule has 0 radical (unpaired) electrons. The topological polar surface area (TPSA) is 110 Å². The Labute approximate surface area is 104 Å². The molecular weight excluding hydrogens is 232 g/mol. The fourth-order valence-corrected chi connectivity index (χ4v) is 1.48. The van der Waals surface area contributed by atoms with E-state index in [1.54, 1.807) is 18.2 Å². The molecule has 0 saturated carbocycles. The average molecular weight is 246 g/mol. The normalized spacial score (nSPS) is 10.2. The van der Waals surface area contributed by atoms with E-state index in [9.17, 15) is 4.79 Å². The van der Waals surface area contributed by atoms with Crippen LogP contribution in [0.15, 0.2) is 24.5 Å². The Morgan fingerprint density at radius 1 is 1.44 bits per heavy atom. The van der Waals surface area contributed by atoms with Crippen molar-refractivity contribution in [3.63, 3.8) is 0 Å². The Hall–Kier alpha value is -2.44. The van der Waals surface area contributed by atoms with Crippen LogP contribution in [0.25, 0.3) is 0 Å². The third-order valence-corrected chi connectivity index (χ3v) is 2.34. The minimum absolute atomic E-state index is 0.222. The standard InChI is InChI=1S/C11H14N6O/c12-9-4-1-3-8(16-9)11(18)13-6-2-5-10-14-7-15-17-10/h1,3-4,7H,2,5-6H2,(H2,12,16)(H,13,18)(H,14,15,17). The third-order valence-electron chi connectivity index (χ3n) is 2.34. The van der Waals surface area contributed by atoms with Crippen molar-refractivity contribution in [2.24, 2.45) is 0 Å². The fourth-order valence-electron chi connectivity index (χ4n) is 1.48. The second-order valence-corrected chi connectivity index (χ2v) is 3.74. The van der Waals surface area contributed by atoms with Gasteiger partial charge in [0.05, 0.1) is 0 Å². The lowest BCUT2D eigenvalue weighted by Gasteiger charge is -2.04. The fraction of sp³-hybridized carbons (Fsp3) is 0.273. The first-order chi connectivity index (χ1) is 8.75. The van der Waals surface area contributed by atoms with Crippen LogP contribution in [0, 0.1) is 0 Å². The Balaban J connectivity index is 1.75. The van der Waals surface area contributed by atoms with Gasteiger partial charge in [0.25, 0.3) is 5.91 Å². The number of nitrogens with one attached hydrogen (secondary N) is 2. The number of pyridine rings is 1. The maximum atomic E-state index is 11.7. The summed E-state index contributed by atoms with van der Waals surface area (Å²) in [7, 11) is 0. The van der Waals surface area contributed by atoms with E-state index in [0.29, 0.717) is 18.1 Å². The second kappa shape index (κ2) is 5.76. The molecule has 0 saturated heterocycles. The monoisotopic (exact) mass is 246 g/mol. The van der Waals surface area contributed by atoms with E-state index in [4.69, 9.17) is 5.73 Å². The SMILES string of the molecule is Nc1cccc(C(=O)NCCCc2ncn[nH]2)n1. The maximum Gasteiger partial charge on any atom is 0.269 e. The van der Waals surface area contributed by atoms with Crippen molar-refractivity contribution in [3.05, 3.63) is 36.0 Å². The molecule has 1 amide bonds. The highest BCUT2D eigenvalue weighted by Gasteiger charge is 2.06. The van der Waals surface area contributed by atoms with Crippen molar-refractivity contribution in [2.75, 3.05) is 12.3 Å². The van der Waals surface area contributed by atoms with E-state index in [-0.39, 0.29) is 5.91 Å². The summed E-state index contributed by atoms with van der Waals surface area (Å²) in [5.74, 6) is 0.926. The number of hydrogen-bond donors (Lipinski definition) is 3. The van der Waals surface area contributed by atoms with Crippen molar-refractivity contribution in [1.29, 1.82) is 0 Å². The lowest BCUT2D eigenvalue weighted by atomic mass is 10.3. The van der Waals surface area contributed by atoms with E-state index >= 15 is 0 Å². The lowest BCUT2D eigenvalue weighted by Crippen LogP contribution is -2.25. The molecule has 0 atom stereocenters. The first kappa shape index (κ1) is 12.0. The minimum atomic E-state index is -0.222. The first-order valence-corrected chi connectivity index (χ1v) is 5.60. The van der Waals surface area contributed by atoms with Crippen molar-refractivity contribution in [3.8, 4) is 0 Å². The van der Waals surface area contributed by atoms with Crippen LogP contribution in [0.1, 0.15) is 22.7 Å². The highest BCUT2D eigenvalue weighted by atomic mass is 16.1. The number of amides is 1. The highest BCUT2D eigenvalue weighted by Crippen LogP contribution is 2.00. The number of nitrogens with zero attached hydrogens (tertiary/aromatic N) is 3. The van der Waals surface area contributed by atoms with E-state index in [2.05, 4.69) is 25.5 Å². The van der Waals surface area contributed by atoms with Gasteiger partial charge in [0.2, 0.25) is 0 Å². The molecule has 94 valence electrons. The molecule has 2 heterocycles. The number of aryl methyl sites for hydroxylation is 1. The zero-order chi connectivity index (χ0) is 12.8. The van der Waals surface area contributed by atoms with Gasteiger partial charge in [-0.05, 0) is 18.6 Å². The summed E-state index contributed by atoms with van der Waals surface area (Å²) < 4.78 is 0. The molecule has 7 nitrogen and oxygen atoms in total. The van der Waals surface area contributed by atoms with Gasteiger partial charge in [-0.25, -0.2) is 9.97 Å². The van der Waals surface area contributed by atoms with Gasteiger partial charge >= 0.3 is 0 Å². The van der Waals surface area contributed by atoms with Gasteiger partial charge in [0.1, 0.15) is 23.7 Å². The van der Waals surface area contributed by atoms with Crippen molar-refractivity contribution in [2.45, 2.75) is 12.8 Å². The summed E-state index contributed by atoms with van der Waals surface area (Å²) in [6, 6.07) is 4.97. The van der Waals surface area contributed by atoms with Crippen LogP contribution < -0.4 is 11.1 Å². The van der Waals surface area contributed by atoms with Gasteiger partial charge in [-0.3, -0.25) is 9.89 Å². The van der Waals surface area contributed by atoms with E-state index in [1.807, 2.05) is 0 Å². The minimum Gasteiger partial charge on any atom is -0.384 e.